The van der Waals surface area contributed by atoms with E-state index >= 15 is 0 Å². The minimum absolute atomic E-state index is 0.0629. The monoisotopic (exact) mass is 446 g/mol. The van der Waals surface area contributed by atoms with E-state index in [1.54, 1.807) is 29.3 Å². The van der Waals surface area contributed by atoms with E-state index in [1.807, 2.05) is 32.0 Å². The number of hydrogen-bond donors (Lipinski definition) is 2. The quantitative estimate of drug-likeness (QED) is 0.680. The zero-order chi connectivity index (χ0) is 22.2. The Balaban J connectivity index is 1.57. The summed E-state index contributed by atoms with van der Waals surface area (Å²) >= 11 is 6.30. The van der Waals surface area contributed by atoms with Crippen LogP contribution in [0, 0.1) is 5.92 Å². The lowest BCUT2D eigenvalue weighted by Crippen LogP contribution is -2.54. The molecule has 9 heteroatoms. The summed E-state index contributed by atoms with van der Waals surface area (Å²) in [7, 11) is 0. The molecule has 1 saturated heterocycles. The lowest BCUT2D eigenvalue weighted by molar-refractivity contribution is -0.138. The first-order valence-corrected chi connectivity index (χ1v) is 10.6. The maximum absolute atomic E-state index is 12.8. The van der Waals surface area contributed by atoms with Gasteiger partial charge in [-0.25, -0.2) is 4.79 Å². The van der Waals surface area contributed by atoms with Gasteiger partial charge in [-0.3, -0.25) is 9.78 Å². The zero-order valence-corrected chi connectivity index (χ0v) is 18.4. The van der Waals surface area contributed by atoms with Gasteiger partial charge in [0, 0.05) is 25.0 Å². The normalized spacial score (nSPS) is 14.8. The second-order valence-electron chi connectivity index (χ2n) is 7.51. The number of aromatic nitrogens is 1. The fraction of sp³-hybridized carbons (Fsp3) is 0.409. The summed E-state index contributed by atoms with van der Waals surface area (Å²) in [5.41, 5.74) is 1.28. The third kappa shape index (κ3) is 6.57. The van der Waals surface area contributed by atoms with E-state index in [-0.39, 0.29) is 18.4 Å². The van der Waals surface area contributed by atoms with Gasteiger partial charge in [-0.15, -0.1) is 0 Å². The summed E-state index contributed by atoms with van der Waals surface area (Å²) in [5, 5.41) is 5.87. The van der Waals surface area contributed by atoms with Crippen molar-refractivity contribution in [2.75, 3.05) is 31.6 Å². The van der Waals surface area contributed by atoms with Gasteiger partial charge in [-0.1, -0.05) is 31.5 Å². The van der Waals surface area contributed by atoms with E-state index in [0.29, 0.717) is 42.8 Å². The highest BCUT2D eigenvalue weighted by Gasteiger charge is 2.29. The molecule has 1 aromatic carbocycles. The Morgan fingerprint density at radius 1 is 1.23 bits per heavy atom. The molecule has 0 spiro atoms. The number of pyridine rings is 1. The predicted molar refractivity (Wildman–Crippen MR) is 118 cm³/mol. The Kier molecular flexibility index (Phi) is 8.08. The number of ether oxygens (including phenoxy) is 2. The van der Waals surface area contributed by atoms with E-state index in [0.717, 1.165) is 5.69 Å². The largest absolute Gasteiger partial charge is 0.486 e. The SMILES string of the molecule is CC(C)C(NC(=O)Nc1ccc(OCc2ccccn2)c(Cl)c1)C(=O)N1CCOCC1. The average molecular weight is 447 g/mol. The minimum atomic E-state index is -0.630. The Labute approximate surface area is 186 Å². The molecule has 1 unspecified atom stereocenters. The van der Waals surface area contributed by atoms with E-state index in [4.69, 9.17) is 21.1 Å². The fourth-order valence-electron chi connectivity index (χ4n) is 3.13. The van der Waals surface area contributed by atoms with Crippen LogP contribution in [0.3, 0.4) is 0 Å². The lowest BCUT2D eigenvalue weighted by Gasteiger charge is -2.32. The molecule has 3 amide bonds. The number of carbonyl (C=O) groups excluding carboxylic acids is 2. The first-order valence-electron chi connectivity index (χ1n) is 10.2. The summed E-state index contributed by atoms with van der Waals surface area (Å²) in [5.74, 6) is 0.317. The van der Waals surface area contributed by atoms with Crippen molar-refractivity contribution in [1.82, 2.24) is 15.2 Å². The van der Waals surface area contributed by atoms with Crippen LogP contribution < -0.4 is 15.4 Å². The van der Waals surface area contributed by atoms with Crippen molar-refractivity contribution in [3.8, 4) is 5.75 Å². The van der Waals surface area contributed by atoms with Crippen molar-refractivity contribution in [1.29, 1.82) is 0 Å². The highest BCUT2D eigenvalue weighted by molar-refractivity contribution is 6.32. The minimum Gasteiger partial charge on any atom is -0.486 e. The highest BCUT2D eigenvalue weighted by atomic mass is 35.5. The van der Waals surface area contributed by atoms with Crippen LogP contribution in [0.5, 0.6) is 5.75 Å². The van der Waals surface area contributed by atoms with Crippen LogP contribution in [0.25, 0.3) is 0 Å². The Morgan fingerprint density at radius 2 is 2.00 bits per heavy atom. The number of hydrogen-bond acceptors (Lipinski definition) is 5. The van der Waals surface area contributed by atoms with Crippen LogP contribution in [0.2, 0.25) is 5.02 Å². The molecule has 3 rings (SSSR count). The molecular weight excluding hydrogens is 420 g/mol. The topological polar surface area (TPSA) is 92.8 Å². The maximum Gasteiger partial charge on any atom is 0.319 e. The first kappa shape index (κ1) is 22.8. The van der Waals surface area contributed by atoms with Crippen molar-refractivity contribution in [3.05, 3.63) is 53.3 Å². The van der Waals surface area contributed by atoms with Gasteiger partial charge >= 0.3 is 6.03 Å². The van der Waals surface area contributed by atoms with Gasteiger partial charge in [-0.05, 0) is 36.2 Å². The molecule has 8 nitrogen and oxygen atoms in total. The first-order chi connectivity index (χ1) is 14.9. The van der Waals surface area contributed by atoms with Gasteiger partial charge in [0.25, 0.3) is 0 Å². The molecule has 0 saturated carbocycles. The smallest absolute Gasteiger partial charge is 0.319 e. The number of nitrogens with one attached hydrogen (secondary N) is 2. The Bertz CT molecular complexity index is 888. The van der Waals surface area contributed by atoms with Gasteiger partial charge in [0.15, 0.2) is 0 Å². The van der Waals surface area contributed by atoms with Gasteiger partial charge in [0.1, 0.15) is 18.4 Å². The van der Waals surface area contributed by atoms with E-state index < -0.39 is 12.1 Å². The van der Waals surface area contributed by atoms with Gasteiger partial charge in [-0.2, -0.15) is 0 Å². The van der Waals surface area contributed by atoms with E-state index in [9.17, 15) is 9.59 Å². The van der Waals surface area contributed by atoms with Gasteiger partial charge in [0.2, 0.25) is 5.91 Å². The number of anilines is 1. The van der Waals surface area contributed by atoms with E-state index in [1.165, 1.54) is 0 Å². The average Bonchev–Trinajstić information content (AvgIpc) is 2.77. The third-order valence-corrected chi connectivity index (χ3v) is 5.13. The zero-order valence-electron chi connectivity index (χ0n) is 17.6. The number of halogens is 1. The molecule has 166 valence electrons. The standard InChI is InChI=1S/C22H27ClN4O4/c1-15(2)20(21(28)27-9-11-30-12-10-27)26-22(29)25-16-6-7-19(18(23)13-16)31-14-17-5-3-4-8-24-17/h3-8,13,15,20H,9-12,14H2,1-2H3,(H2,25,26,29). The van der Waals surface area contributed by atoms with Gasteiger partial charge < -0.3 is 25.0 Å². The molecule has 0 radical (unpaired) electrons. The number of nitrogens with zero attached hydrogens (tertiary/aromatic N) is 2. The van der Waals surface area contributed by atoms with Crippen molar-refractivity contribution in [2.45, 2.75) is 26.5 Å². The molecule has 1 aromatic heterocycles. The van der Waals surface area contributed by atoms with Crippen molar-refractivity contribution in [3.63, 3.8) is 0 Å². The van der Waals surface area contributed by atoms with Crippen molar-refractivity contribution in [2.24, 2.45) is 5.92 Å². The Morgan fingerprint density at radius 3 is 2.65 bits per heavy atom. The summed E-state index contributed by atoms with van der Waals surface area (Å²) in [4.78, 5) is 31.2. The van der Waals surface area contributed by atoms with Crippen molar-refractivity contribution < 1.29 is 19.1 Å². The second kappa shape index (κ2) is 11.0. The number of benzene rings is 1. The molecule has 2 aromatic rings. The van der Waals surface area contributed by atoms with Crippen LogP contribution in [-0.4, -0.2) is 54.2 Å². The maximum atomic E-state index is 12.8. The molecule has 1 atom stereocenters. The Hall–Kier alpha value is -2.84. The van der Waals surface area contributed by atoms with Crippen LogP contribution >= 0.6 is 11.6 Å². The van der Waals surface area contributed by atoms with Crippen LogP contribution in [0.15, 0.2) is 42.6 Å². The number of carbonyl (C=O) groups is 2. The molecule has 1 fully saturated rings. The molecule has 2 heterocycles. The summed E-state index contributed by atoms with van der Waals surface area (Å²) in [6.07, 6.45) is 1.69. The van der Waals surface area contributed by atoms with Crippen LogP contribution in [0.4, 0.5) is 10.5 Å². The third-order valence-electron chi connectivity index (χ3n) is 4.83. The second-order valence-corrected chi connectivity index (χ2v) is 7.92. The summed E-state index contributed by atoms with van der Waals surface area (Å²) in [6.45, 7) is 6.16. The fourth-order valence-corrected chi connectivity index (χ4v) is 3.37. The molecular formula is C22H27ClN4O4. The van der Waals surface area contributed by atoms with Crippen LogP contribution in [-0.2, 0) is 16.1 Å². The molecule has 31 heavy (non-hydrogen) atoms. The van der Waals surface area contributed by atoms with Crippen molar-refractivity contribution >= 4 is 29.2 Å². The summed E-state index contributed by atoms with van der Waals surface area (Å²) < 4.78 is 11.0. The predicted octanol–water partition coefficient (Wildman–Crippen LogP) is 3.32. The number of amides is 3. The molecule has 1 aliphatic heterocycles. The molecule has 0 aliphatic carbocycles. The molecule has 0 bridgehead atoms. The number of urea groups is 1. The van der Waals surface area contributed by atoms with Crippen LogP contribution in [0.1, 0.15) is 19.5 Å². The van der Waals surface area contributed by atoms with E-state index in [2.05, 4.69) is 15.6 Å². The molecule has 2 N–H and O–H groups in total. The highest BCUT2D eigenvalue weighted by Crippen LogP contribution is 2.28. The van der Waals surface area contributed by atoms with Gasteiger partial charge in [0.05, 0.1) is 23.9 Å². The number of morpholine rings is 1. The lowest BCUT2D eigenvalue weighted by atomic mass is 10.0. The number of rotatable bonds is 7. The summed E-state index contributed by atoms with van der Waals surface area (Å²) in [6, 6.07) is 9.44. The molecule has 1 aliphatic rings.